The van der Waals surface area contributed by atoms with Crippen LogP contribution in [0.25, 0.3) is 0 Å². The lowest BCUT2D eigenvalue weighted by Gasteiger charge is -2.40. The largest absolute Gasteiger partial charge is 0.460 e. The zero-order valence-corrected chi connectivity index (χ0v) is 18.5. The van der Waals surface area contributed by atoms with E-state index < -0.39 is 73.3 Å². The van der Waals surface area contributed by atoms with Crippen molar-refractivity contribution < 1.29 is 71.7 Å². The van der Waals surface area contributed by atoms with Crippen molar-refractivity contribution in [3.63, 3.8) is 0 Å². The van der Waals surface area contributed by atoms with Crippen LogP contribution in [-0.2, 0) is 4.74 Å². The molecular formula is C20H20F13NO3. The molecule has 0 saturated carbocycles. The topological polar surface area (TPSA) is 58.6 Å². The van der Waals surface area contributed by atoms with E-state index in [2.05, 4.69) is 10.1 Å². The van der Waals surface area contributed by atoms with Crippen LogP contribution in [0.5, 0.6) is 0 Å². The fourth-order valence-electron chi connectivity index (χ4n) is 2.98. The molecule has 1 aromatic carbocycles. The molecule has 1 unspecified atom stereocenters. The van der Waals surface area contributed by atoms with E-state index in [0.29, 0.717) is 0 Å². The van der Waals surface area contributed by atoms with Crippen LogP contribution in [0.3, 0.4) is 0 Å². The second-order valence-electron chi connectivity index (χ2n) is 7.76. The molecule has 0 fully saturated rings. The highest BCUT2D eigenvalue weighted by molar-refractivity contribution is 5.67. The average molecular weight is 569 g/mol. The summed E-state index contributed by atoms with van der Waals surface area (Å²) in [6, 6.07) is 5.92. The lowest BCUT2D eigenvalue weighted by Crippen LogP contribution is -2.70. The Morgan fingerprint density at radius 3 is 1.78 bits per heavy atom. The van der Waals surface area contributed by atoms with Gasteiger partial charge in [0.05, 0.1) is 18.8 Å². The molecule has 0 bridgehead atoms. The number of carbonyl (C=O) groups excluding carboxylic acids is 1. The van der Waals surface area contributed by atoms with Gasteiger partial charge in [-0.15, -0.1) is 0 Å². The van der Waals surface area contributed by atoms with Crippen molar-refractivity contribution in [2.45, 2.75) is 74.1 Å². The predicted octanol–water partition coefficient (Wildman–Crippen LogP) is 6.74. The molecule has 0 aromatic heterocycles. The van der Waals surface area contributed by atoms with Gasteiger partial charge in [0.15, 0.2) is 0 Å². The van der Waals surface area contributed by atoms with Gasteiger partial charge in [0.25, 0.3) is 0 Å². The highest BCUT2D eigenvalue weighted by atomic mass is 19.4. The Balaban J connectivity index is 3.11. The highest BCUT2D eigenvalue weighted by Gasteiger charge is 2.90. The summed E-state index contributed by atoms with van der Waals surface area (Å²) in [5.41, 5.74) is 0.229. The first-order valence-corrected chi connectivity index (χ1v) is 10.2. The van der Waals surface area contributed by atoms with Crippen molar-refractivity contribution in [3.05, 3.63) is 35.9 Å². The van der Waals surface area contributed by atoms with Gasteiger partial charge in [-0.3, -0.25) is 0 Å². The van der Waals surface area contributed by atoms with Gasteiger partial charge in [0, 0.05) is 6.42 Å². The first kappa shape index (κ1) is 32.6. The standard InChI is InChI=1S/C20H20F13NO3/c1-2-37-14(36)34-13(11-6-4-3-5-7-11)10-12(35)8-9-15(21,22)16(23,24)17(25,26)18(27,28)19(29,30)20(31,32)33/h3-7,12-13,35H,2,8-10H2,1H3,(H,34,36)/t12-,13?/m1/s1. The van der Waals surface area contributed by atoms with Crippen LogP contribution in [0.1, 0.15) is 37.8 Å². The summed E-state index contributed by atoms with van der Waals surface area (Å²) in [5, 5.41) is 12.2. The minimum Gasteiger partial charge on any atom is -0.450 e. The van der Waals surface area contributed by atoms with Gasteiger partial charge in [-0.05, 0) is 25.3 Å². The van der Waals surface area contributed by atoms with Gasteiger partial charge in [0.1, 0.15) is 0 Å². The number of alkyl halides is 13. The summed E-state index contributed by atoms with van der Waals surface area (Å²) in [6.07, 6.45) is -15.5. The summed E-state index contributed by atoms with van der Waals surface area (Å²) in [6.45, 7) is 1.29. The first-order chi connectivity index (χ1) is 16.6. The minimum absolute atomic E-state index is 0.122. The average Bonchev–Trinajstić information content (AvgIpc) is 2.76. The van der Waals surface area contributed by atoms with Crippen LogP contribution < -0.4 is 5.32 Å². The van der Waals surface area contributed by atoms with E-state index in [9.17, 15) is 67.0 Å². The number of rotatable bonds is 12. The van der Waals surface area contributed by atoms with Gasteiger partial charge in [-0.2, -0.15) is 57.1 Å². The summed E-state index contributed by atoms with van der Waals surface area (Å²) in [4.78, 5) is 11.7. The fraction of sp³-hybridized carbons (Fsp3) is 0.650. The molecule has 1 aromatic rings. The second-order valence-corrected chi connectivity index (χ2v) is 7.76. The maximum absolute atomic E-state index is 14.0. The zero-order valence-electron chi connectivity index (χ0n) is 18.5. The molecular weight excluding hydrogens is 549 g/mol. The van der Waals surface area contributed by atoms with E-state index in [-0.39, 0.29) is 12.2 Å². The summed E-state index contributed by atoms with van der Waals surface area (Å²) in [7, 11) is 0. The summed E-state index contributed by atoms with van der Waals surface area (Å²) in [5.74, 6) is -37.4. The molecule has 1 amide bonds. The lowest BCUT2D eigenvalue weighted by atomic mass is 9.90. The third-order valence-electron chi connectivity index (χ3n) is 5.07. The number of amides is 1. The number of aliphatic hydroxyl groups excluding tert-OH is 1. The van der Waals surface area contributed by atoms with Crippen LogP contribution in [0.2, 0.25) is 0 Å². The molecule has 2 N–H and O–H groups in total. The van der Waals surface area contributed by atoms with Gasteiger partial charge in [-0.25, -0.2) is 4.79 Å². The first-order valence-electron chi connectivity index (χ1n) is 10.2. The van der Waals surface area contributed by atoms with Gasteiger partial charge >= 0.3 is 41.9 Å². The molecule has 0 spiro atoms. The van der Waals surface area contributed by atoms with Crippen molar-refractivity contribution >= 4 is 6.09 Å². The van der Waals surface area contributed by atoms with Crippen molar-refractivity contribution in [2.24, 2.45) is 0 Å². The third-order valence-corrected chi connectivity index (χ3v) is 5.07. The second kappa shape index (κ2) is 11.1. The number of alkyl carbamates (subject to hydrolysis) is 1. The fourth-order valence-corrected chi connectivity index (χ4v) is 2.98. The molecule has 2 atom stereocenters. The molecule has 0 radical (unpaired) electrons. The molecule has 214 valence electrons. The Hall–Kier alpha value is -2.46. The normalized spacial score (nSPS) is 15.8. The van der Waals surface area contributed by atoms with Crippen molar-refractivity contribution in [1.82, 2.24) is 5.32 Å². The van der Waals surface area contributed by atoms with E-state index in [1.54, 1.807) is 0 Å². The maximum Gasteiger partial charge on any atom is 0.460 e. The Kier molecular flexibility index (Phi) is 9.78. The van der Waals surface area contributed by atoms with Crippen molar-refractivity contribution in [3.8, 4) is 0 Å². The number of benzene rings is 1. The molecule has 0 aliphatic rings. The van der Waals surface area contributed by atoms with Crippen LogP contribution in [0.15, 0.2) is 30.3 Å². The zero-order chi connectivity index (χ0) is 29.1. The van der Waals surface area contributed by atoms with E-state index in [1.807, 2.05) is 0 Å². The van der Waals surface area contributed by atoms with Crippen LogP contribution in [0, 0.1) is 0 Å². The number of hydrogen-bond donors (Lipinski definition) is 2. The minimum atomic E-state index is -7.98. The predicted molar refractivity (Wildman–Crippen MR) is 100.0 cm³/mol. The monoisotopic (exact) mass is 569 g/mol. The Bertz CT molecular complexity index is 891. The lowest BCUT2D eigenvalue weighted by molar-refractivity contribution is -0.440. The molecule has 0 saturated heterocycles. The Morgan fingerprint density at radius 2 is 1.32 bits per heavy atom. The van der Waals surface area contributed by atoms with Gasteiger partial charge in [0.2, 0.25) is 0 Å². The number of hydrogen-bond acceptors (Lipinski definition) is 3. The molecule has 4 nitrogen and oxygen atoms in total. The molecule has 37 heavy (non-hydrogen) atoms. The SMILES string of the molecule is CCOC(=O)NC(C[C@H](O)CCC(F)(F)C(F)(F)C(F)(F)C(F)(F)C(F)(F)C(F)(F)F)c1ccccc1. The van der Waals surface area contributed by atoms with Crippen LogP contribution in [-0.4, -0.2) is 59.7 Å². The van der Waals surface area contributed by atoms with E-state index in [4.69, 9.17) is 0 Å². The van der Waals surface area contributed by atoms with Crippen LogP contribution >= 0.6 is 0 Å². The number of halogens is 13. The molecule has 0 aliphatic carbocycles. The van der Waals surface area contributed by atoms with Gasteiger partial charge < -0.3 is 15.2 Å². The van der Waals surface area contributed by atoms with E-state index in [1.165, 1.54) is 37.3 Å². The highest BCUT2D eigenvalue weighted by Crippen LogP contribution is 2.60. The Morgan fingerprint density at radius 1 is 0.838 bits per heavy atom. The number of aliphatic hydroxyl groups is 1. The summed E-state index contributed by atoms with van der Waals surface area (Å²) >= 11 is 0. The van der Waals surface area contributed by atoms with Crippen molar-refractivity contribution in [1.29, 1.82) is 0 Å². The van der Waals surface area contributed by atoms with E-state index >= 15 is 0 Å². The molecule has 17 heteroatoms. The molecule has 1 rings (SSSR count). The number of carbonyl (C=O) groups is 1. The quantitative estimate of drug-likeness (QED) is 0.274. The number of nitrogens with one attached hydrogen (secondary N) is 1. The molecule has 0 aliphatic heterocycles. The Labute approximate surface area is 200 Å². The number of ether oxygens (including phenoxy) is 1. The smallest absolute Gasteiger partial charge is 0.450 e. The molecule has 0 heterocycles. The van der Waals surface area contributed by atoms with Gasteiger partial charge in [-0.1, -0.05) is 30.3 Å². The summed E-state index contributed by atoms with van der Waals surface area (Å²) < 4.78 is 176. The maximum atomic E-state index is 14.0. The third kappa shape index (κ3) is 6.52. The van der Waals surface area contributed by atoms with Crippen LogP contribution in [0.4, 0.5) is 61.9 Å². The van der Waals surface area contributed by atoms with Crippen molar-refractivity contribution in [2.75, 3.05) is 6.61 Å². The van der Waals surface area contributed by atoms with E-state index in [0.717, 1.165) is 0 Å².